The summed E-state index contributed by atoms with van der Waals surface area (Å²) in [5.41, 5.74) is 1.47. The number of hydrogen-bond acceptors (Lipinski definition) is 4. The second kappa shape index (κ2) is 5.69. The van der Waals surface area contributed by atoms with E-state index in [0.29, 0.717) is 24.6 Å². The highest BCUT2D eigenvalue weighted by molar-refractivity contribution is 5.91. The molecule has 1 saturated heterocycles. The van der Waals surface area contributed by atoms with Gasteiger partial charge in [-0.3, -0.25) is 4.79 Å². The van der Waals surface area contributed by atoms with Crippen LogP contribution in [0, 0.1) is 5.92 Å². The van der Waals surface area contributed by atoms with E-state index in [1.54, 1.807) is 11.0 Å². The molecule has 110 valence electrons. The van der Waals surface area contributed by atoms with Crippen molar-refractivity contribution >= 4 is 23.1 Å². The standard InChI is InChI=1S/C16H18N2O3/c1-11-8-9-18(10-13(11)19)16(20)7-6-15-17-12-4-2-3-5-14(12)21-15/h2-7,11,13,19H,8-10H2,1H3/b7-6+. The molecule has 1 aromatic heterocycles. The number of aliphatic hydroxyl groups is 1. The van der Waals surface area contributed by atoms with Gasteiger partial charge in [0.25, 0.3) is 0 Å². The molecule has 1 fully saturated rings. The van der Waals surface area contributed by atoms with Crippen LogP contribution in [-0.4, -0.2) is 40.1 Å². The van der Waals surface area contributed by atoms with Gasteiger partial charge in [0.05, 0.1) is 6.10 Å². The van der Waals surface area contributed by atoms with Gasteiger partial charge >= 0.3 is 0 Å². The van der Waals surface area contributed by atoms with E-state index in [2.05, 4.69) is 4.98 Å². The number of nitrogens with zero attached hydrogens (tertiary/aromatic N) is 2. The predicted molar refractivity (Wildman–Crippen MR) is 79.4 cm³/mol. The molecule has 1 aliphatic heterocycles. The SMILES string of the molecule is CC1CCN(C(=O)/C=C/c2nc3ccccc3o2)CC1O. The monoisotopic (exact) mass is 286 g/mol. The Kier molecular flexibility index (Phi) is 3.75. The molecule has 1 amide bonds. The number of aliphatic hydroxyl groups excluding tert-OH is 1. The molecule has 0 saturated carbocycles. The van der Waals surface area contributed by atoms with E-state index in [4.69, 9.17) is 4.42 Å². The van der Waals surface area contributed by atoms with Crippen molar-refractivity contribution < 1.29 is 14.3 Å². The fourth-order valence-electron chi connectivity index (χ4n) is 2.46. The average molecular weight is 286 g/mol. The molecule has 2 atom stereocenters. The molecule has 3 rings (SSSR count). The molecule has 5 heteroatoms. The lowest BCUT2D eigenvalue weighted by Gasteiger charge is -2.33. The zero-order chi connectivity index (χ0) is 14.8. The van der Waals surface area contributed by atoms with E-state index >= 15 is 0 Å². The van der Waals surface area contributed by atoms with Gasteiger partial charge in [-0.05, 0) is 24.5 Å². The quantitative estimate of drug-likeness (QED) is 0.858. The molecule has 0 aliphatic carbocycles. The molecule has 0 spiro atoms. The van der Waals surface area contributed by atoms with Crippen molar-refractivity contribution in [2.45, 2.75) is 19.4 Å². The van der Waals surface area contributed by atoms with Crippen LogP contribution in [0.4, 0.5) is 0 Å². The Morgan fingerprint density at radius 1 is 1.48 bits per heavy atom. The molecule has 1 aromatic carbocycles. The number of β-amino-alcohol motifs (C(OH)–C–C–N with tert-alkyl or cyclic N) is 1. The van der Waals surface area contributed by atoms with Gasteiger partial charge in [0, 0.05) is 25.2 Å². The number of likely N-dealkylation sites (tertiary alicyclic amines) is 1. The Morgan fingerprint density at radius 2 is 2.29 bits per heavy atom. The van der Waals surface area contributed by atoms with Crippen LogP contribution in [-0.2, 0) is 4.79 Å². The molecule has 0 radical (unpaired) electrons. The Bertz CT molecular complexity index is 644. The van der Waals surface area contributed by atoms with Gasteiger partial charge < -0.3 is 14.4 Å². The second-order valence-corrected chi connectivity index (χ2v) is 5.47. The van der Waals surface area contributed by atoms with Gasteiger partial charge in [-0.15, -0.1) is 0 Å². The van der Waals surface area contributed by atoms with E-state index in [1.165, 1.54) is 6.08 Å². The first kappa shape index (κ1) is 13.8. The van der Waals surface area contributed by atoms with Gasteiger partial charge in [0.15, 0.2) is 5.58 Å². The maximum atomic E-state index is 12.1. The Balaban J connectivity index is 1.69. The minimum atomic E-state index is -0.444. The summed E-state index contributed by atoms with van der Waals surface area (Å²) < 4.78 is 5.53. The maximum Gasteiger partial charge on any atom is 0.246 e. The van der Waals surface area contributed by atoms with Crippen molar-refractivity contribution in [1.82, 2.24) is 9.88 Å². The zero-order valence-electron chi connectivity index (χ0n) is 11.9. The van der Waals surface area contributed by atoms with Gasteiger partial charge in [-0.1, -0.05) is 19.1 Å². The predicted octanol–water partition coefficient (Wildman–Crippen LogP) is 2.07. The number of amides is 1. The van der Waals surface area contributed by atoms with E-state index in [9.17, 15) is 9.90 Å². The van der Waals surface area contributed by atoms with Crippen molar-refractivity contribution in [3.05, 3.63) is 36.2 Å². The lowest BCUT2D eigenvalue weighted by molar-refractivity contribution is -0.130. The zero-order valence-corrected chi connectivity index (χ0v) is 11.9. The first-order valence-electron chi connectivity index (χ1n) is 7.14. The van der Waals surface area contributed by atoms with Crippen LogP contribution in [0.15, 0.2) is 34.8 Å². The van der Waals surface area contributed by atoms with Crippen LogP contribution in [0.2, 0.25) is 0 Å². The Morgan fingerprint density at radius 3 is 3.05 bits per heavy atom. The molecule has 1 aliphatic rings. The van der Waals surface area contributed by atoms with Crippen LogP contribution in [0.25, 0.3) is 17.2 Å². The van der Waals surface area contributed by atoms with E-state index < -0.39 is 6.10 Å². The first-order chi connectivity index (χ1) is 10.1. The van der Waals surface area contributed by atoms with Crippen molar-refractivity contribution in [1.29, 1.82) is 0 Å². The topological polar surface area (TPSA) is 66.6 Å². The molecule has 0 bridgehead atoms. The van der Waals surface area contributed by atoms with Crippen molar-refractivity contribution in [3.8, 4) is 0 Å². The summed E-state index contributed by atoms with van der Waals surface area (Å²) in [6, 6.07) is 7.46. The van der Waals surface area contributed by atoms with Crippen molar-refractivity contribution in [2.24, 2.45) is 5.92 Å². The average Bonchev–Trinajstić information content (AvgIpc) is 2.90. The second-order valence-electron chi connectivity index (χ2n) is 5.47. The number of aromatic nitrogens is 1. The Labute approximate surface area is 122 Å². The van der Waals surface area contributed by atoms with Crippen LogP contribution < -0.4 is 0 Å². The lowest BCUT2D eigenvalue weighted by Crippen LogP contribution is -2.45. The maximum absolute atomic E-state index is 12.1. The number of rotatable bonds is 2. The highest BCUT2D eigenvalue weighted by atomic mass is 16.3. The largest absolute Gasteiger partial charge is 0.437 e. The van der Waals surface area contributed by atoms with Crippen molar-refractivity contribution in [3.63, 3.8) is 0 Å². The van der Waals surface area contributed by atoms with Gasteiger partial charge in [0.2, 0.25) is 11.8 Å². The third kappa shape index (κ3) is 2.97. The first-order valence-corrected chi connectivity index (χ1v) is 7.14. The van der Waals surface area contributed by atoms with Gasteiger partial charge in [0.1, 0.15) is 5.52 Å². The van der Waals surface area contributed by atoms with E-state index in [1.807, 2.05) is 31.2 Å². The lowest BCUT2D eigenvalue weighted by atomic mass is 9.96. The number of carbonyl (C=O) groups is 1. The molecule has 2 aromatic rings. The summed E-state index contributed by atoms with van der Waals surface area (Å²) in [4.78, 5) is 18.0. The number of oxazole rings is 1. The van der Waals surface area contributed by atoms with Crippen molar-refractivity contribution in [2.75, 3.05) is 13.1 Å². The molecule has 5 nitrogen and oxygen atoms in total. The van der Waals surface area contributed by atoms with Crippen LogP contribution in [0.1, 0.15) is 19.2 Å². The molecule has 2 heterocycles. The molecule has 2 unspecified atom stereocenters. The number of benzene rings is 1. The molecule has 1 N–H and O–H groups in total. The molecule has 21 heavy (non-hydrogen) atoms. The number of piperidine rings is 1. The minimum Gasteiger partial charge on any atom is -0.437 e. The summed E-state index contributed by atoms with van der Waals surface area (Å²) in [6.45, 7) is 3.06. The highest BCUT2D eigenvalue weighted by Gasteiger charge is 2.26. The van der Waals surface area contributed by atoms with Crippen LogP contribution >= 0.6 is 0 Å². The number of fused-ring (bicyclic) bond motifs is 1. The summed E-state index contributed by atoms with van der Waals surface area (Å²) in [5.74, 6) is 0.536. The number of para-hydroxylation sites is 2. The summed E-state index contributed by atoms with van der Waals surface area (Å²) in [5, 5.41) is 9.83. The smallest absolute Gasteiger partial charge is 0.246 e. The normalized spacial score (nSPS) is 23.0. The summed E-state index contributed by atoms with van der Waals surface area (Å²) in [6.07, 6.45) is 3.41. The minimum absolute atomic E-state index is 0.122. The van der Waals surface area contributed by atoms with Gasteiger partial charge in [-0.25, -0.2) is 4.98 Å². The highest BCUT2D eigenvalue weighted by Crippen LogP contribution is 2.18. The van der Waals surface area contributed by atoms with Crippen LogP contribution in [0.5, 0.6) is 0 Å². The fraction of sp³-hybridized carbons (Fsp3) is 0.375. The summed E-state index contributed by atoms with van der Waals surface area (Å²) in [7, 11) is 0. The van der Waals surface area contributed by atoms with E-state index in [-0.39, 0.29) is 11.8 Å². The molecular weight excluding hydrogens is 268 g/mol. The van der Waals surface area contributed by atoms with Gasteiger partial charge in [-0.2, -0.15) is 0 Å². The fourth-order valence-corrected chi connectivity index (χ4v) is 2.46. The molecular formula is C16H18N2O3. The number of carbonyl (C=O) groups excluding carboxylic acids is 1. The number of hydrogen-bond donors (Lipinski definition) is 1. The third-order valence-electron chi connectivity index (χ3n) is 3.91. The third-order valence-corrected chi connectivity index (χ3v) is 3.91. The van der Waals surface area contributed by atoms with E-state index in [0.717, 1.165) is 11.9 Å². The Hall–Kier alpha value is -2.14. The summed E-state index contributed by atoms with van der Waals surface area (Å²) >= 11 is 0. The van der Waals surface area contributed by atoms with Crippen LogP contribution in [0.3, 0.4) is 0 Å².